The number of thioether (sulfide) groups is 1. The Bertz CT molecular complexity index is 472. The van der Waals surface area contributed by atoms with Crippen LogP contribution in [0.4, 0.5) is 5.82 Å². The molecule has 0 fully saturated rings. The number of rotatable bonds is 5. The predicted molar refractivity (Wildman–Crippen MR) is 74.6 cm³/mol. The van der Waals surface area contributed by atoms with Gasteiger partial charge in [-0.1, -0.05) is 6.07 Å². The predicted octanol–water partition coefficient (Wildman–Crippen LogP) is 2.67. The van der Waals surface area contributed by atoms with Crippen LogP contribution in [0.3, 0.4) is 0 Å². The van der Waals surface area contributed by atoms with Crippen molar-refractivity contribution in [1.82, 2.24) is 4.98 Å². The van der Waals surface area contributed by atoms with E-state index in [1.165, 1.54) is 10.5 Å². The average Bonchev–Trinajstić information content (AvgIpc) is 2.45. The summed E-state index contributed by atoms with van der Waals surface area (Å²) in [7, 11) is 1.67. The van der Waals surface area contributed by atoms with Crippen LogP contribution in [0.2, 0.25) is 0 Å². The fourth-order valence-corrected chi connectivity index (χ4v) is 2.39. The number of benzene rings is 1. The fraction of sp³-hybridized carbons (Fsp3) is 0.154. The fourth-order valence-electron chi connectivity index (χ4n) is 1.50. The van der Waals surface area contributed by atoms with Crippen molar-refractivity contribution in [1.29, 1.82) is 0 Å². The van der Waals surface area contributed by atoms with Gasteiger partial charge in [0.2, 0.25) is 0 Å². The van der Waals surface area contributed by atoms with Crippen molar-refractivity contribution in [3.05, 3.63) is 48.2 Å². The number of nitrogen functional groups attached to an aromatic ring is 1. The average molecular weight is 261 g/mol. The Kier molecular flexibility index (Phi) is 4.44. The van der Waals surface area contributed by atoms with Crippen molar-refractivity contribution < 1.29 is 4.74 Å². The van der Waals surface area contributed by atoms with Gasteiger partial charge in [-0.25, -0.2) is 10.8 Å². The number of aromatic nitrogens is 1. The first kappa shape index (κ1) is 12.7. The molecule has 0 amide bonds. The van der Waals surface area contributed by atoms with Crippen LogP contribution in [-0.2, 0) is 5.75 Å². The summed E-state index contributed by atoms with van der Waals surface area (Å²) in [4.78, 5) is 5.25. The Morgan fingerprint density at radius 1 is 1.33 bits per heavy atom. The molecule has 94 valence electrons. The van der Waals surface area contributed by atoms with E-state index in [1.807, 2.05) is 30.3 Å². The number of pyridine rings is 1. The molecule has 0 aliphatic rings. The molecule has 0 saturated heterocycles. The third-order valence-corrected chi connectivity index (χ3v) is 3.48. The van der Waals surface area contributed by atoms with E-state index in [2.05, 4.69) is 16.5 Å². The standard InChI is InChI=1S/C13H15N3OS/c1-17-11-3-2-4-12(8-11)18-9-10-5-6-15-13(7-10)16-14/h2-8H,9,14H2,1H3,(H,15,16). The molecule has 0 bridgehead atoms. The summed E-state index contributed by atoms with van der Waals surface area (Å²) in [6, 6.07) is 11.9. The van der Waals surface area contributed by atoms with Gasteiger partial charge >= 0.3 is 0 Å². The zero-order valence-corrected chi connectivity index (χ0v) is 10.9. The van der Waals surface area contributed by atoms with Crippen molar-refractivity contribution in [3.63, 3.8) is 0 Å². The minimum atomic E-state index is 0.679. The molecule has 0 atom stereocenters. The van der Waals surface area contributed by atoms with Crippen molar-refractivity contribution in [2.75, 3.05) is 12.5 Å². The van der Waals surface area contributed by atoms with Crippen molar-refractivity contribution in [2.24, 2.45) is 5.84 Å². The summed E-state index contributed by atoms with van der Waals surface area (Å²) >= 11 is 1.75. The van der Waals surface area contributed by atoms with Crippen LogP contribution in [0.15, 0.2) is 47.5 Å². The molecule has 0 aliphatic carbocycles. The molecule has 0 unspecified atom stereocenters. The molecule has 0 aliphatic heterocycles. The van der Waals surface area contributed by atoms with Crippen LogP contribution < -0.4 is 16.0 Å². The summed E-state index contributed by atoms with van der Waals surface area (Å²) in [6.45, 7) is 0. The summed E-state index contributed by atoms with van der Waals surface area (Å²) < 4.78 is 5.19. The van der Waals surface area contributed by atoms with Gasteiger partial charge in [-0.2, -0.15) is 0 Å². The number of hydrazine groups is 1. The van der Waals surface area contributed by atoms with Crippen molar-refractivity contribution in [2.45, 2.75) is 10.6 Å². The number of ether oxygens (including phenoxy) is 1. The minimum Gasteiger partial charge on any atom is -0.497 e. The van der Waals surface area contributed by atoms with E-state index in [0.717, 1.165) is 11.5 Å². The lowest BCUT2D eigenvalue weighted by molar-refractivity contribution is 0.413. The van der Waals surface area contributed by atoms with E-state index in [0.29, 0.717) is 5.82 Å². The number of nitrogens with two attached hydrogens (primary N) is 1. The molecule has 3 N–H and O–H groups in total. The van der Waals surface area contributed by atoms with E-state index < -0.39 is 0 Å². The van der Waals surface area contributed by atoms with E-state index in [9.17, 15) is 0 Å². The molecule has 5 heteroatoms. The third kappa shape index (κ3) is 3.38. The van der Waals surface area contributed by atoms with Gasteiger partial charge in [-0.15, -0.1) is 11.8 Å². The Morgan fingerprint density at radius 2 is 2.22 bits per heavy atom. The van der Waals surface area contributed by atoms with Gasteiger partial charge in [0, 0.05) is 16.8 Å². The van der Waals surface area contributed by atoms with Gasteiger partial charge in [0.05, 0.1) is 7.11 Å². The second-order valence-corrected chi connectivity index (χ2v) is 4.71. The monoisotopic (exact) mass is 261 g/mol. The van der Waals surface area contributed by atoms with Gasteiger partial charge in [0.25, 0.3) is 0 Å². The summed E-state index contributed by atoms with van der Waals surface area (Å²) in [6.07, 6.45) is 1.75. The molecule has 2 rings (SSSR count). The molecule has 0 spiro atoms. The molecule has 18 heavy (non-hydrogen) atoms. The molecular formula is C13H15N3OS. The Balaban J connectivity index is 2.01. The zero-order chi connectivity index (χ0) is 12.8. The highest BCUT2D eigenvalue weighted by Gasteiger charge is 2.00. The maximum absolute atomic E-state index is 5.33. The zero-order valence-electron chi connectivity index (χ0n) is 10.1. The summed E-state index contributed by atoms with van der Waals surface area (Å²) in [5.74, 6) is 7.75. The molecule has 0 saturated carbocycles. The van der Waals surface area contributed by atoms with E-state index in [-0.39, 0.29) is 0 Å². The van der Waals surface area contributed by atoms with Gasteiger partial charge in [-0.3, -0.25) is 0 Å². The van der Waals surface area contributed by atoms with Gasteiger partial charge < -0.3 is 10.2 Å². The Labute approximate surface area is 111 Å². The Hall–Kier alpha value is -1.72. The lowest BCUT2D eigenvalue weighted by Crippen LogP contribution is -2.08. The second kappa shape index (κ2) is 6.28. The maximum atomic E-state index is 5.33. The molecule has 4 nitrogen and oxygen atoms in total. The number of anilines is 1. The maximum Gasteiger partial charge on any atom is 0.140 e. The topological polar surface area (TPSA) is 60.2 Å². The normalized spacial score (nSPS) is 10.1. The van der Waals surface area contributed by atoms with E-state index >= 15 is 0 Å². The molecule has 1 aromatic heterocycles. The number of hydrogen-bond donors (Lipinski definition) is 2. The van der Waals surface area contributed by atoms with Gasteiger partial charge in [-0.05, 0) is 35.9 Å². The van der Waals surface area contributed by atoms with Crippen LogP contribution in [0.1, 0.15) is 5.56 Å². The van der Waals surface area contributed by atoms with Crippen LogP contribution in [0.5, 0.6) is 5.75 Å². The van der Waals surface area contributed by atoms with Crippen molar-refractivity contribution >= 4 is 17.6 Å². The van der Waals surface area contributed by atoms with Crippen LogP contribution in [-0.4, -0.2) is 12.1 Å². The highest BCUT2D eigenvalue weighted by atomic mass is 32.2. The van der Waals surface area contributed by atoms with E-state index in [4.69, 9.17) is 10.6 Å². The lowest BCUT2D eigenvalue weighted by atomic mass is 10.3. The molecule has 0 radical (unpaired) electrons. The Morgan fingerprint density at radius 3 is 3.00 bits per heavy atom. The van der Waals surface area contributed by atoms with Crippen molar-refractivity contribution in [3.8, 4) is 5.75 Å². The molecule has 1 aromatic carbocycles. The summed E-state index contributed by atoms with van der Waals surface area (Å²) in [5, 5.41) is 0. The first-order valence-corrected chi connectivity index (χ1v) is 6.49. The number of methoxy groups -OCH3 is 1. The number of hydrogen-bond acceptors (Lipinski definition) is 5. The minimum absolute atomic E-state index is 0.679. The van der Waals surface area contributed by atoms with Crippen LogP contribution in [0.25, 0.3) is 0 Å². The molecule has 1 heterocycles. The van der Waals surface area contributed by atoms with Crippen LogP contribution in [0, 0.1) is 0 Å². The summed E-state index contributed by atoms with van der Waals surface area (Å²) in [5.41, 5.74) is 3.72. The lowest BCUT2D eigenvalue weighted by Gasteiger charge is -2.05. The molecular weight excluding hydrogens is 246 g/mol. The largest absolute Gasteiger partial charge is 0.497 e. The molecule has 2 aromatic rings. The highest BCUT2D eigenvalue weighted by Crippen LogP contribution is 2.26. The first-order chi connectivity index (χ1) is 8.81. The SMILES string of the molecule is COc1cccc(SCc2ccnc(NN)c2)c1. The van der Waals surface area contributed by atoms with Gasteiger partial charge in [0.15, 0.2) is 0 Å². The van der Waals surface area contributed by atoms with Gasteiger partial charge in [0.1, 0.15) is 11.6 Å². The second-order valence-electron chi connectivity index (χ2n) is 3.66. The quantitative estimate of drug-likeness (QED) is 0.492. The number of nitrogens with one attached hydrogen (secondary N) is 1. The third-order valence-electron chi connectivity index (χ3n) is 2.42. The number of nitrogens with zero attached hydrogens (tertiary/aromatic N) is 1. The highest BCUT2D eigenvalue weighted by molar-refractivity contribution is 7.98. The van der Waals surface area contributed by atoms with E-state index in [1.54, 1.807) is 25.1 Å². The van der Waals surface area contributed by atoms with Crippen LogP contribution >= 0.6 is 11.8 Å². The first-order valence-electron chi connectivity index (χ1n) is 5.50. The smallest absolute Gasteiger partial charge is 0.140 e.